The van der Waals surface area contributed by atoms with Crippen molar-refractivity contribution in [1.82, 2.24) is 5.32 Å². The van der Waals surface area contributed by atoms with E-state index in [0.29, 0.717) is 6.61 Å². The summed E-state index contributed by atoms with van der Waals surface area (Å²) in [7, 11) is 0. The first-order chi connectivity index (χ1) is 6.09. The molecule has 0 bridgehead atoms. The molecule has 2 atom stereocenters. The van der Waals surface area contributed by atoms with Gasteiger partial charge in [0.05, 0.1) is 23.6 Å². The Morgan fingerprint density at radius 3 is 2.92 bits per heavy atom. The summed E-state index contributed by atoms with van der Waals surface area (Å²) in [5.74, 6) is -0.116. The number of carbonyl (C=O) groups is 1. The molecule has 0 aliphatic carbocycles. The third kappa shape index (κ3) is 3.28. The lowest BCUT2D eigenvalue weighted by Crippen LogP contribution is -2.40. The molecule has 1 amide bonds. The smallest absolute Gasteiger partial charge is 0.227 e. The zero-order valence-electron chi connectivity index (χ0n) is 7.58. The molecule has 74 valence electrons. The van der Waals surface area contributed by atoms with Crippen molar-refractivity contribution < 1.29 is 9.53 Å². The third-order valence-corrected chi connectivity index (χ3v) is 2.20. The van der Waals surface area contributed by atoms with Gasteiger partial charge in [-0.3, -0.25) is 4.79 Å². The zero-order chi connectivity index (χ0) is 9.84. The van der Waals surface area contributed by atoms with Gasteiger partial charge in [-0.15, -0.1) is 0 Å². The number of hydrogen-bond acceptors (Lipinski definition) is 3. The lowest BCUT2D eigenvalue weighted by molar-refractivity contribution is -0.120. The van der Waals surface area contributed by atoms with Crippen LogP contribution in [0.4, 0.5) is 0 Å². The minimum Gasteiger partial charge on any atom is -0.393 e. The highest BCUT2D eigenvalue weighted by molar-refractivity contribution is 7.80. The summed E-state index contributed by atoms with van der Waals surface area (Å²) in [5.41, 5.74) is 5.24. The molecule has 0 aromatic rings. The van der Waals surface area contributed by atoms with Crippen LogP contribution in [0.3, 0.4) is 0 Å². The predicted octanol–water partition coefficient (Wildman–Crippen LogP) is -0.0438. The van der Waals surface area contributed by atoms with Crippen molar-refractivity contribution in [1.29, 1.82) is 0 Å². The van der Waals surface area contributed by atoms with Crippen molar-refractivity contribution in [2.75, 3.05) is 6.61 Å². The number of nitrogens with two attached hydrogens (primary N) is 1. The van der Waals surface area contributed by atoms with Crippen molar-refractivity contribution in [3.8, 4) is 0 Å². The number of amides is 1. The second kappa shape index (κ2) is 4.53. The highest BCUT2D eigenvalue weighted by Gasteiger charge is 2.25. The molecule has 0 radical (unpaired) electrons. The van der Waals surface area contributed by atoms with Crippen LogP contribution in [-0.4, -0.2) is 29.6 Å². The van der Waals surface area contributed by atoms with E-state index in [-0.39, 0.29) is 29.5 Å². The molecule has 1 aliphatic rings. The van der Waals surface area contributed by atoms with Crippen LogP contribution >= 0.6 is 12.2 Å². The van der Waals surface area contributed by atoms with E-state index in [1.54, 1.807) is 0 Å². The summed E-state index contributed by atoms with van der Waals surface area (Å²) >= 11 is 4.63. The Bertz CT molecular complexity index is 220. The first-order valence-corrected chi connectivity index (χ1v) is 4.69. The number of hydrogen-bond donors (Lipinski definition) is 2. The Morgan fingerprint density at radius 1 is 1.77 bits per heavy atom. The Labute approximate surface area is 82.8 Å². The monoisotopic (exact) mass is 202 g/mol. The second-order valence-corrected chi connectivity index (χ2v) is 3.71. The molecule has 1 saturated heterocycles. The van der Waals surface area contributed by atoms with Crippen LogP contribution < -0.4 is 11.1 Å². The van der Waals surface area contributed by atoms with Crippen LogP contribution in [0.25, 0.3) is 0 Å². The van der Waals surface area contributed by atoms with Crippen LogP contribution in [0.2, 0.25) is 0 Å². The van der Waals surface area contributed by atoms with Gasteiger partial charge in [-0.05, 0) is 13.3 Å². The molecule has 1 rings (SSSR count). The van der Waals surface area contributed by atoms with E-state index >= 15 is 0 Å². The largest absolute Gasteiger partial charge is 0.393 e. The van der Waals surface area contributed by atoms with Gasteiger partial charge in [0.15, 0.2) is 0 Å². The summed E-state index contributed by atoms with van der Waals surface area (Å²) in [5, 5.41) is 2.83. The summed E-state index contributed by atoms with van der Waals surface area (Å²) < 4.78 is 5.29. The lowest BCUT2D eigenvalue weighted by Gasteiger charge is -2.15. The minimum absolute atomic E-state index is 0.0929. The van der Waals surface area contributed by atoms with Crippen LogP contribution in [0.15, 0.2) is 0 Å². The van der Waals surface area contributed by atoms with Crippen molar-refractivity contribution in [3.63, 3.8) is 0 Å². The first-order valence-electron chi connectivity index (χ1n) is 4.29. The maximum atomic E-state index is 11.2. The Hall–Kier alpha value is -0.680. The van der Waals surface area contributed by atoms with E-state index in [4.69, 9.17) is 10.5 Å². The quantitative estimate of drug-likeness (QED) is 0.630. The van der Waals surface area contributed by atoms with Gasteiger partial charge in [-0.25, -0.2) is 0 Å². The van der Waals surface area contributed by atoms with E-state index in [2.05, 4.69) is 17.5 Å². The molecule has 4 nitrogen and oxygen atoms in total. The van der Waals surface area contributed by atoms with E-state index in [1.807, 2.05) is 6.92 Å². The number of rotatable bonds is 3. The lowest BCUT2D eigenvalue weighted by atomic mass is 10.1. The summed E-state index contributed by atoms with van der Waals surface area (Å²) in [6.45, 7) is 2.65. The van der Waals surface area contributed by atoms with Gasteiger partial charge in [0.1, 0.15) is 0 Å². The molecule has 0 aromatic heterocycles. The molecule has 3 N–H and O–H groups in total. The fourth-order valence-electron chi connectivity index (χ4n) is 1.34. The van der Waals surface area contributed by atoms with Gasteiger partial charge in [-0.1, -0.05) is 12.2 Å². The van der Waals surface area contributed by atoms with Crippen molar-refractivity contribution in [2.24, 2.45) is 5.73 Å². The van der Waals surface area contributed by atoms with Crippen LogP contribution in [0.5, 0.6) is 0 Å². The predicted molar refractivity (Wildman–Crippen MR) is 53.4 cm³/mol. The Kier molecular flexibility index (Phi) is 3.62. The molecule has 13 heavy (non-hydrogen) atoms. The molecule has 5 heteroatoms. The topological polar surface area (TPSA) is 64.3 Å². The fourth-order valence-corrected chi connectivity index (χ4v) is 1.47. The average Bonchev–Trinajstić information content (AvgIpc) is 2.34. The van der Waals surface area contributed by atoms with Gasteiger partial charge in [0.25, 0.3) is 0 Å². The molecule has 2 unspecified atom stereocenters. The summed E-state index contributed by atoms with van der Waals surface area (Å²) in [6.07, 6.45) is 1.08. The number of carbonyl (C=O) groups excluding carboxylic acids is 1. The minimum atomic E-state index is -0.116. The van der Waals surface area contributed by atoms with E-state index in [0.717, 1.165) is 6.42 Å². The van der Waals surface area contributed by atoms with E-state index < -0.39 is 0 Å². The van der Waals surface area contributed by atoms with Crippen molar-refractivity contribution in [2.45, 2.75) is 31.9 Å². The zero-order valence-corrected chi connectivity index (χ0v) is 8.39. The SMILES string of the molecule is CC1OCCC1NC(=O)CC(N)=S. The molecular formula is C8H14N2O2S. The van der Waals surface area contributed by atoms with E-state index in [9.17, 15) is 4.79 Å². The summed E-state index contributed by atoms with van der Waals surface area (Å²) in [4.78, 5) is 11.4. The van der Waals surface area contributed by atoms with E-state index in [1.165, 1.54) is 0 Å². The van der Waals surface area contributed by atoms with Gasteiger partial charge >= 0.3 is 0 Å². The fraction of sp³-hybridized carbons (Fsp3) is 0.750. The van der Waals surface area contributed by atoms with Crippen molar-refractivity contribution in [3.05, 3.63) is 0 Å². The van der Waals surface area contributed by atoms with Gasteiger partial charge in [0, 0.05) is 6.61 Å². The van der Waals surface area contributed by atoms with Crippen LogP contribution in [0, 0.1) is 0 Å². The summed E-state index contributed by atoms with van der Waals surface area (Å²) in [6, 6.07) is 0.113. The number of thiocarbonyl (C=S) groups is 1. The molecule has 1 heterocycles. The maximum absolute atomic E-state index is 11.2. The third-order valence-electron chi connectivity index (χ3n) is 2.06. The van der Waals surface area contributed by atoms with Crippen LogP contribution in [-0.2, 0) is 9.53 Å². The van der Waals surface area contributed by atoms with Gasteiger partial charge < -0.3 is 15.8 Å². The molecule has 0 spiro atoms. The maximum Gasteiger partial charge on any atom is 0.227 e. The normalized spacial score (nSPS) is 27.2. The molecule has 0 aromatic carbocycles. The number of nitrogens with one attached hydrogen (secondary N) is 1. The first kappa shape index (κ1) is 10.4. The number of ether oxygens (including phenoxy) is 1. The van der Waals surface area contributed by atoms with Crippen LogP contribution in [0.1, 0.15) is 19.8 Å². The standard InChI is InChI=1S/C8H14N2O2S/c1-5-6(2-3-12-5)10-8(11)4-7(9)13/h5-6H,2-4H2,1H3,(H2,9,13)(H,10,11). The highest BCUT2D eigenvalue weighted by Crippen LogP contribution is 2.12. The average molecular weight is 202 g/mol. The molecule has 1 aliphatic heterocycles. The van der Waals surface area contributed by atoms with Gasteiger partial charge in [-0.2, -0.15) is 0 Å². The molecule has 1 fully saturated rings. The van der Waals surface area contributed by atoms with Gasteiger partial charge in [0.2, 0.25) is 5.91 Å². The Balaban J connectivity index is 2.31. The highest BCUT2D eigenvalue weighted by atomic mass is 32.1. The second-order valence-electron chi connectivity index (χ2n) is 3.18. The molecular weight excluding hydrogens is 188 g/mol. The molecule has 0 saturated carbocycles. The Morgan fingerprint density at radius 2 is 2.46 bits per heavy atom. The van der Waals surface area contributed by atoms with Crippen molar-refractivity contribution >= 4 is 23.1 Å².